The molecule has 0 saturated carbocycles. The molecule has 0 spiro atoms. The lowest BCUT2D eigenvalue weighted by atomic mass is 10.0. The minimum Gasteiger partial charge on any atom is -0.497 e. The topological polar surface area (TPSA) is 48.3 Å². The van der Waals surface area contributed by atoms with E-state index in [2.05, 4.69) is 28.4 Å². The number of nitrogens with zero attached hydrogens (tertiary/aromatic N) is 2. The monoisotopic (exact) mass is 259 g/mol. The molecule has 1 aromatic rings. The summed E-state index contributed by atoms with van der Waals surface area (Å²) in [5.41, 5.74) is 1.31. The Morgan fingerprint density at radius 2 is 2.21 bits per heavy atom. The summed E-state index contributed by atoms with van der Waals surface area (Å²) in [5.74, 6) is 0.899. The number of hydrogen-bond donors (Lipinski definition) is 1. The van der Waals surface area contributed by atoms with Crippen molar-refractivity contribution in [3.63, 3.8) is 0 Å². The van der Waals surface area contributed by atoms with Crippen LogP contribution in [0.25, 0.3) is 0 Å². The van der Waals surface area contributed by atoms with Gasteiger partial charge in [0, 0.05) is 19.1 Å². The van der Waals surface area contributed by atoms with Crippen molar-refractivity contribution in [2.45, 2.75) is 25.4 Å². The normalized spacial score (nSPS) is 19.9. The maximum Gasteiger partial charge on any atom is 0.118 e. The van der Waals surface area contributed by atoms with Crippen LogP contribution in [0.4, 0.5) is 0 Å². The average molecular weight is 259 g/mol. The lowest BCUT2D eigenvalue weighted by Crippen LogP contribution is -2.45. The molecule has 1 N–H and O–H groups in total. The summed E-state index contributed by atoms with van der Waals surface area (Å²) in [4.78, 5) is 2.44. The molecule has 0 bridgehead atoms. The van der Waals surface area contributed by atoms with Gasteiger partial charge in [0.1, 0.15) is 5.75 Å². The summed E-state index contributed by atoms with van der Waals surface area (Å²) in [7, 11) is 1.69. The molecular weight excluding hydrogens is 238 g/mol. The zero-order valence-corrected chi connectivity index (χ0v) is 11.4. The highest BCUT2D eigenvalue weighted by molar-refractivity contribution is 5.27. The fraction of sp³-hybridized carbons (Fsp3) is 0.533. The van der Waals surface area contributed by atoms with E-state index in [9.17, 15) is 0 Å². The molecule has 0 aliphatic carbocycles. The smallest absolute Gasteiger partial charge is 0.118 e. The minimum absolute atomic E-state index is 0.445. The van der Waals surface area contributed by atoms with Crippen LogP contribution in [0.1, 0.15) is 18.4 Å². The first-order valence-corrected chi connectivity index (χ1v) is 6.77. The van der Waals surface area contributed by atoms with Gasteiger partial charge in [0.2, 0.25) is 0 Å². The predicted octanol–water partition coefficient (Wildman–Crippen LogP) is 1.77. The molecule has 1 fully saturated rings. The molecule has 1 aliphatic heterocycles. The second kappa shape index (κ2) is 7.13. The van der Waals surface area contributed by atoms with Gasteiger partial charge in [0.25, 0.3) is 0 Å². The first kappa shape index (κ1) is 13.9. The van der Waals surface area contributed by atoms with Crippen LogP contribution in [-0.4, -0.2) is 37.7 Å². The van der Waals surface area contributed by atoms with Gasteiger partial charge in [-0.05, 0) is 37.1 Å². The van der Waals surface area contributed by atoms with Crippen molar-refractivity contribution in [3.8, 4) is 11.8 Å². The molecule has 19 heavy (non-hydrogen) atoms. The van der Waals surface area contributed by atoms with E-state index in [1.54, 1.807) is 7.11 Å². The van der Waals surface area contributed by atoms with Crippen molar-refractivity contribution >= 4 is 0 Å². The van der Waals surface area contributed by atoms with Gasteiger partial charge in [0.15, 0.2) is 0 Å². The van der Waals surface area contributed by atoms with E-state index in [0.717, 1.165) is 25.4 Å². The Bertz CT molecular complexity index is 424. The van der Waals surface area contributed by atoms with E-state index in [0.29, 0.717) is 12.6 Å². The van der Waals surface area contributed by atoms with Gasteiger partial charge in [-0.1, -0.05) is 12.1 Å². The van der Waals surface area contributed by atoms with Crippen molar-refractivity contribution in [3.05, 3.63) is 29.8 Å². The minimum atomic E-state index is 0.445. The number of hydrogen-bond acceptors (Lipinski definition) is 4. The molecule has 4 nitrogen and oxygen atoms in total. The molecule has 0 aromatic heterocycles. The first-order chi connectivity index (χ1) is 9.31. The highest BCUT2D eigenvalue weighted by Crippen LogP contribution is 2.16. The van der Waals surface area contributed by atoms with Crippen molar-refractivity contribution in [2.24, 2.45) is 0 Å². The summed E-state index contributed by atoms with van der Waals surface area (Å²) in [5, 5.41) is 11.9. The molecule has 1 aromatic carbocycles. The van der Waals surface area contributed by atoms with Crippen molar-refractivity contribution in [2.75, 3.05) is 26.7 Å². The maximum atomic E-state index is 8.61. The Morgan fingerprint density at radius 3 is 2.89 bits per heavy atom. The Kier molecular flexibility index (Phi) is 5.20. The Hall–Kier alpha value is -1.57. The predicted molar refractivity (Wildman–Crippen MR) is 74.9 cm³/mol. The van der Waals surface area contributed by atoms with Crippen LogP contribution >= 0.6 is 0 Å². The van der Waals surface area contributed by atoms with Crippen LogP contribution in [0.5, 0.6) is 5.75 Å². The Labute approximate surface area is 115 Å². The average Bonchev–Trinajstić information content (AvgIpc) is 2.46. The number of likely N-dealkylation sites (tertiary alicyclic amines) is 1. The van der Waals surface area contributed by atoms with Gasteiger partial charge in [-0.15, -0.1) is 0 Å². The van der Waals surface area contributed by atoms with E-state index in [4.69, 9.17) is 10.00 Å². The number of nitrogens with one attached hydrogen (secondary N) is 1. The summed E-state index contributed by atoms with van der Waals surface area (Å²) >= 11 is 0. The highest BCUT2D eigenvalue weighted by atomic mass is 16.5. The first-order valence-electron chi connectivity index (χ1n) is 6.77. The Balaban J connectivity index is 1.85. The van der Waals surface area contributed by atoms with Crippen molar-refractivity contribution in [1.29, 1.82) is 5.26 Å². The number of piperidine rings is 1. The van der Waals surface area contributed by atoms with Gasteiger partial charge >= 0.3 is 0 Å². The third-order valence-corrected chi connectivity index (χ3v) is 3.54. The zero-order valence-electron chi connectivity index (χ0n) is 11.4. The molecule has 1 heterocycles. The maximum absolute atomic E-state index is 8.61. The number of benzene rings is 1. The lowest BCUT2D eigenvalue weighted by molar-refractivity contribution is 0.186. The molecule has 102 valence electrons. The second-order valence-electron chi connectivity index (χ2n) is 4.96. The third kappa shape index (κ3) is 4.23. The molecule has 0 amide bonds. The lowest BCUT2D eigenvalue weighted by Gasteiger charge is -2.32. The molecule has 1 saturated heterocycles. The number of ether oxygens (including phenoxy) is 1. The van der Waals surface area contributed by atoms with Gasteiger partial charge in [0.05, 0.1) is 19.7 Å². The standard InChI is InChI=1S/C15H21N3O/c1-19-15-6-4-13(5-7-15)11-18-10-2-3-14(12-18)17-9-8-16/h4-7,14,17H,2-3,9-12H2,1H3. The van der Waals surface area contributed by atoms with Gasteiger partial charge in [-0.3, -0.25) is 4.90 Å². The third-order valence-electron chi connectivity index (χ3n) is 3.54. The van der Waals surface area contributed by atoms with Crippen LogP contribution in [0.2, 0.25) is 0 Å². The molecule has 1 aliphatic rings. The SMILES string of the molecule is COc1ccc(CN2CCCC(NCC#N)C2)cc1. The molecule has 4 heteroatoms. The molecular formula is C15H21N3O. The molecule has 1 atom stereocenters. The second-order valence-corrected chi connectivity index (χ2v) is 4.96. The van der Waals surface area contributed by atoms with Crippen LogP contribution < -0.4 is 10.1 Å². The van der Waals surface area contributed by atoms with Crippen LogP contribution in [0.15, 0.2) is 24.3 Å². The number of rotatable bonds is 5. The Morgan fingerprint density at radius 1 is 1.42 bits per heavy atom. The van der Waals surface area contributed by atoms with Crippen LogP contribution in [0, 0.1) is 11.3 Å². The summed E-state index contributed by atoms with van der Waals surface area (Å²) < 4.78 is 5.17. The van der Waals surface area contributed by atoms with Crippen molar-refractivity contribution in [1.82, 2.24) is 10.2 Å². The summed E-state index contributed by atoms with van der Waals surface area (Å²) in [6.07, 6.45) is 2.36. The van der Waals surface area contributed by atoms with E-state index in [-0.39, 0.29) is 0 Å². The molecule has 2 rings (SSSR count). The van der Waals surface area contributed by atoms with Crippen LogP contribution in [0.3, 0.4) is 0 Å². The van der Waals surface area contributed by atoms with Crippen LogP contribution in [-0.2, 0) is 6.54 Å². The van der Waals surface area contributed by atoms with E-state index < -0.39 is 0 Å². The van der Waals surface area contributed by atoms with Gasteiger partial charge in [-0.25, -0.2) is 0 Å². The number of methoxy groups -OCH3 is 1. The van der Waals surface area contributed by atoms with Gasteiger partial charge in [-0.2, -0.15) is 5.26 Å². The van der Waals surface area contributed by atoms with E-state index >= 15 is 0 Å². The fourth-order valence-electron chi connectivity index (χ4n) is 2.54. The zero-order chi connectivity index (χ0) is 13.5. The largest absolute Gasteiger partial charge is 0.497 e. The van der Waals surface area contributed by atoms with Gasteiger partial charge < -0.3 is 10.1 Å². The molecule has 0 radical (unpaired) electrons. The molecule has 1 unspecified atom stereocenters. The fourth-order valence-corrected chi connectivity index (χ4v) is 2.54. The quantitative estimate of drug-likeness (QED) is 0.819. The van der Waals surface area contributed by atoms with Crippen molar-refractivity contribution < 1.29 is 4.74 Å². The highest BCUT2D eigenvalue weighted by Gasteiger charge is 2.19. The summed E-state index contributed by atoms with van der Waals surface area (Å²) in [6.45, 7) is 3.57. The summed E-state index contributed by atoms with van der Waals surface area (Å²) in [6, 6.07) is 10.8. The van der Waals surface area contributed by atoms with E-state index in [1.165, 1.54) is 18.4 Å². The number of nitriles is 1. The van der Waals surface area contributed by atoms with E-state index in [1.807, 2.05) is 12.1 Å².